The molecule has 1 nitrogen and oxygen atoms in total. The average molecular weight is 231 g/mol. The van der Waals surface area contributed by atoms with E-state index in [4.69, 9.17) is 5.73 Å². The third-order valence-electron chi connectivity index (χ3n) is 4.45. The highest BCUT2D eigenvalue weighted by atomic mass is 14.6. The Hall–Kier alpha value is -0.820. The molecule has 1 fully saturated rings. The first-order chi connectivity index (χ1) is 8.20. The van der Waals surface area contributed by atoms with Crippen molar-refractivity contribution in [1.29, 1.82) is 0 Å². The monoisotopic (exact) mass is 231 g/mol. The maximum absolute atomic E-state index is 5.93. The Bertz CT molecular complexity index is 358. The quantitative estimate of drug-likeness (QED) is 0.846. The molecule has 0 amide bonds. The Balaban J connectivity index is 2.07. The van der Waals surface area contributed by atoms with Crippen LogP contribution in [-0.4, -0.2) is 6.54 Å². The molecule has 3 unspecified atom stereocenters. The van der Waals surface area contributed by atoms with E-state index in [0.717, 1.165) is 24.3 Å². The Morgan fingerprint density at radius 1 is 1.18 bits per heavy atom. The molecule has 1 aromatic rings. The Kier molecular flexibility index (Phi) is 4.22. The first-order valence-electron chi connectivity index (χ1n) is 6.95. The van der Waals surface area contributed by atoms with Gasteiger partial charge in [-0.3, -0.25) is 0 Å². The SMILES string of the molecule is Cc1ccccc1CC1CC(C)CCC1CN. The molecule has 3 atom stereocenters. The van der Waals surface area contributed by atoms with Crippen molar-refractivity contribution in [2.45, 2.75) is 39.5 Å². The highest BCUT2D eigenvalue weighted by Crippen LogP contribution is 2.35. The molecule has 1 aliphatic rings. The second kappa shape index (κ2) is 5.68. The second-order valence-corrected chi connectivity index (χ2v) is 5.80. The van der Waals surface area contributed by atoms with Gasteiger partial charge in [0.25, 0.3) is 0 Å². The van der Waals surface area contributed by atoms with E-state index in [-0.39, 0.29) is 0 Å². The van der Waals surface area contributed by atoms with Gasteiger partial charge in [-0.2, -0.15) is 0 Å². The van der Waals surface area contributed by atoms with Gasteiger partial charge >= 0.3 is 0 Å². The van der Waals surface area contributed by atoms with Gasteiger partial charge in [-0.05, 0) is 61.6 Å². The van der Waals surface area contributed by atoms with Gasteiger partial charge in [0.05, 0.1) is 0 Å². The molecule has 17 heavy (non-hydrogen) atoms. The predicted molar refractivity (Wildman–Crippen MR) is 73.9 cm³/mol. The first kappa shape index (κ1) is 12.6. The van der Waals surface area contributed by atoms with Crippen molar-refractivity contribution in [3.63, 3.8) is 0 Å². The van der Waals surface area contributed by atoms with Gasteiger partial charge < -0.3 is 5.73 Å². The van der Waals surface area contributed by atoms with Crippen LogP contribution in [0.15, 0.2) is 24.3 Å². The fourth-order valence-electron chi connectivity index (χ4n) is 3.24. The molecule has 1 saturated carbocycles. The van der Waals surface area contributed by atoms with Crippen LogP contribution < -0.4 is 5.73 Å². The van der Waals surface area contributed by atoms with Crippen LogP contribution in [0.1, 0.15) is 37.3 Å². The summed E-state index contributed by atoms with van der Waals surface area (Å²) >= 11 is 0. The summed E-state index contributed by atoms with van der Waals surface area (Å²) in [5.41, 5.74) is 8.88. The zero-order valence-corrected chi connectivity index (χ0v) is 11.2. The highest BCUT2D eigenvalue weighted by molar-refractivity contribution is 5.26. The fraction of sp³-hybridized carbons (Fsp3) is 0.625. The molecule has 0 aromatic heterocycles. The lowest BCUT2D eigenvalue weighted by Crippen LogP contribution is -2.31. The van der Waals surface area contributed by atoms with Crippen molar-refractivity contribution < 1.29 is 0 Å². The zero-order chi connectivity index (χ0) is 12.3. The van der Waals surface area contributed by atoms with Gasteiger partial charge in [0, 0.05) is 0 Å². The summed E-state index contributed by atoms with van der Waals surface area (Å²) in [6.45, 7) is 5.47. The molecule has 0 radical (unpaired) electrons. The number of benzene rings is 1. The van der Waals surface area contributed by atoms with Gasteiger partial charge in [0.15, 0.2) is 0 Å². The van der Waals surface area contributed by atoms with E-state index in [9.17, 15) is 0 Å². The minimum absolute atomic E-state index is 0.741. The summed E-state index contributed by atoms with van der Waals surface area (Å²) in [7, 11) is 0. The number of nitrogens with two attached hydrogens (primary N) is 1. The van der Waals surface area contributed by atoms with Crippen molar-refractivity contribution in [2.75, 3.05) is 6.54 Å². The molecule has 94 valence electrons. The predicted octanol–water partition coefficient (Wildman–Crippen LogP) is 3.55. The minimum Gasteiger partial charge on any atom is -0.330 e. The van der Waals surface area contributed by atoms with Gasteiger partial charge in [-0.25, -0.2) is 0 Å². The molecule has 1 aliphatic carbocycles. The van der Waals surface area contributed by atoms with E-state index in [1.165, 1.54) is 36.8 Å². The van der Waals surface area contributed by atoms with E-state index in [1.54, 1.807) is 0 Å². The molecule has 2 rings (SSSR count). The normalized spacial score (nSPS) is 29.2. The molecule has 0 bridgehead atoms. The number of aryl methyl sites for hydroxylation is 1. The number of hydrogen-bond acceptors (Lipinski definition) is 1. The van der Waals surface area contributed by atoms with Crippen LogP contribution in [0.4, 0.5) is 0 Å². The second-order valence-electron chi connectivity index (χ2n) is 5.80. The maximum Gasteiger partial charge on any atom is -0.00461 e. The minimum atomic E-state index is 0.741. The van der Waals surface area contributed by atoms with Crippen molar-refractivity contribution >= 4 is 0 Å². The van der Waals surface area contributed by atoms with Crippen LogP contribution in [0.25, 0.3) is 0 Å². The summed E-state index contributed by atoms with van der Waals surface area (Å²) in [6.07, 6.45) is 5.27. The molecule has 2 N–H and O–H groups in total. The van der Waals surface area contributed by atoms with E-state index < -0.39 is 0 Å². The van der Waals surface area contributed by atoms with E-state index >= 15 is 0 Å². The van der Waals surface area contributed by atoms with Gasteiger partial charge in [0.2, 0.25) is 0 Å². The van der Waals surface area contributed by atoms with E-state index in [0.29, 0.717) is 0 Å². The molecular formula is C16H25N. The summed E-state index contributed by atoms with van der Waals surface area (Å²) < 4.78 is 0. The Labute approximate surface area is 105 Å². The molecule has 1 aromatic carbocycles. The van der Waals surface area contributed by atoms with Crippen molar-refractivity contribution in [1.82, 2.24) is 0 Å². The molecule has 0 saturated heterocycles. The topological polar surface area (TPSA) is 26.0 Å². The van der Waals surface area contributed by atoms with Gasteiger partial charge in [-0.15, -0.1) is 0 Å². The molecule has 0 spiro atoms. The lowest BCUT2D eigenvalue weighted by molar-refractivity contribution is 0.193. The molecular weight excluding hydrogens is 206 g/mol. The van der Waals surface area contributed by atoms with Gasteiger partial charge in [-0.1, -0.05) is 37.6 Å². The van der Waals surface area contributed by atoms with Crippen LogP contribution in [0.3, 0.4) is 0 Å². The summed E-state index contributed by atoms with van der Waals surface area (Å²) in [5.74, 6) is 2.42. The summed E-state index contributed by atoms with van der Waals surface area (Å²) in [4.78, 5) is 0. The smallest absolute Gasteiger partial charge is 0.00461 e. The first-order valence-corrected chi connectivity index (χ1v) is 6.95. The Morgan fingerprint density at radius 3 is 2.65 bits per heavy atom. The third kappa shape index (κ3) is 3.10. The zero-order valence-electron chi connectivity index (χ0n) is 11.2. The molecule has 1 heteroatoms. The average Bonchev–Trinajstić information content (AvgIpc) is 2.32. The highest BCUT2D eigenvalue weighted by Gasteiger charge is 2.27. The maximum atomic E-state index is 5.93. The lowest BCUT2D eigenvalue weighted by atomic mass is 9.72. The Morgan fingerprint density at radius 2 is 1.94 bits per heavy atom. The van der Waals surface area contributed by atoms with Crippen LogP contribution in [0.5, 0.6) is 0 Å². The van der Waals surface area contributed by atoms with Crippen molar-refractivity contribution in [3.05, 3.63) is 35.4 Å². The summed E-state index contributed by atoms with van der Waals surface area (Å²) in [5, 5.41) is 0. The lowest BCUT2D eigenvalue weighted by Gasteiger charge is -2.34. The summed E-state index contributed by atoms with van der Waals surface area (Å²) in [6, 6.07) is 8.79. The molecule has 0 aliphatic heterocycles. The third-order valence-corrected chi connectivity index (χ3v) is 4.45. The fourth-order valence-corrected chi connectivity index (χ4v) is 3.24. The van der Waals surface area contributed by atoms with Crippen LogP contribution in [0, 0.1) is 24.7 Å². The van der Waals surface area contributed by atoms with E-state index in [2.05, 4.69) is 38.1 Å². The van der Waals surface area contributed by atoms with Gasteiger partial charge in [0.1, 0.15) is 0 Å². The number of hydrogen-bond donors (Lipinski definition) is 1. The van der Waals surface area contributed by atoms with Crippen LogP contribution in [-0.2, 0) is 6.42 Å². The van der Waals surface area contributed by atoms with E-state index in [1.807, 2.05) is 0 Å². The largest absolute Gasteiger partial charge is 0.330 e. The molecule has 0 heterocycles. The van der Waals surface area contributed by atoms with Crippen LogP contribution in [0.2, 0.25) is 0 Å². The van der Waals surface area contributed by atoms with Crippen molar-refractivity contribution in [3.8, 4) is 0 Å². The van der Waals surface area contributed by atoms with Crippen LogP contribution >= 0.6 is 0 Å². The number of rotatable bonds is 3. The standard InChI is InChI=1S/C16H25N/c1-12-7-8-15(11-17)16(9-12)10-14-6-4-3-5-13(14)2/h3-6,12,15-16H,7-11,17H2,1-2H3. The van der Waals surface area contributed by atoms with Crippen molar-refractivity contribution in [2.24, 2.45) is 23.5 Å².